The summed E-state index contributed by atoms with van der Waals surface area (Å²) in [6.07, 6.45) is 6.19. The van der Waals surface area contributed by atoms with Crippen LogP contribution in [0.15, 0.2) is 24.3 Å². The van der Waals surface area contributed by atoms with E-state index in [0.717, 1.165) is 38.5 Å². The first-order chi connectivity index (χ1) is 12.2. The molecule has 0 amide bonds. The van der Waals surface area contributed by atoms with Crippen LogP contribution in [-0.4, -0.2) is 27.3 Å². The summed E-state index contributed by atoms with van der Waals surface area (Å²) in [5, 5.41) is 4.17. The number of hydrogen-bond acceptors (Lipinski definition) is 4. The average molecular weight is 347 g/mol. The van der Waals surface area contributed by atoms with E-state index in [1.807, 2.05) is 0 Å². The van der Waals surface area contributed by atoms with Crippen molar-refractivity contribution in [2.75, 3.05) is 6.61 Å². The monoisotopic (exact) mass is 347 g/mol. The van der Waals surface area contributed by atoms with E-state index in [1.165, 1.54) is 10.7 Å². The Kier molecular flexibility index (Phi) is 7.57. The molecule has 6 heteroatoms. The SMILES string of the molecule is CCCCCCC(=O)n1nc(OCCCC)nc1-c1ccccc1F. The van der Waals surface area contributed by atoms with Gasteiger partial charge in [0.05, 0.1) is 12.2 Å². The largest absolute Gasteiger partial charge is 0.462 e. The number of halogens is 1. The van der Waals surface area contributed by atoms with Gasteiger partial charge in [-0.25, -0.2) is 4.39 Å². The van der Waals surface area contributed by atoms with Crippen molar-refractivity contribution in [1.29, 1.82) is 0 Å². The predicted octanol–water partition coefficient (Wildman–Crippen LogP) is 4.87. The van der Waals surface area contributed by atoms with Crippen molar-refractivity contribution in [2.45, 2.75) is 58.8 Å². The van der Waals surface area contributed by atoms with Gasteiger partial charge >= 0.3 is 6.01 Å². The van der Waals surface area contributed by atoms with Crippen LogP contribution >= 0.6 is 0 Å². The third kappa shape index (κ3) is 5.37. The lowest BCUT2D eigenvalue weighted by atomic mass is 10.1. The minimum Gasteiger partial charge on any atom is -0.462 e. The number of hydrogen-bond donors (Lipinski definition) is 0. The summed E-state index contributed by atoms with van der Waals surface area (Å²) in [6.45, 7) is 4.65. The second kappa shape index (κ2) is 9.91. The van der Waals surface area contributed by atoms with Gasteiger partial charge in [-0.05, 0) is 25.0 Å². The Bertz CT molecular complexity index is 685. The summed E-state index contributed by atoms with van der Waals surface area (Å²) in [7, 11) is 0. The number of ether oxygens (including phenoxy) is 1. The highest BCUT2D eigenvalue weighted by atomic mass is 19.1. The van der Waals surface area contributed by atoms with Crippen molar-refractivity contribution >= 4 is 5.91 Å². The summed E-state index contributed by atoms with van der Waals surface area (Å²) < 4.78 is 20.8. The number of nitrogens with zero attached hydrogens (tertiary/aromatic N) is 3. The molecule has 1 aromatic heterocycles. The van der Waals surface area contributed by atoms with Gasteiger partial charge in [0.15, 0.2) is 5.82 Å². The van der Waals surface area contributed by atoms with E-state index in [1.54, 1.807) is 18.2 Å². The van der Waals surface area contributed by atoms with Gasteiger partial charge in [0.2, 0.25) is 5.91 Å². The normalized spacial score (nSPS) is 10.8. The van der Waals surface area contributed by atoms with Gasteiger partial charge in [0.1, 0.15) is 5.82 Å². The number of rotatable bonds is 10. The van der Waals surface area contributed by atoms with Gasteiger partial charge in [-0.2, -0.15) is 9.67 Å². The molecule has 25 heavy (non-hydrogen) atoms. The van der Waals surface area contributed by atoms with Gasteiger partial charge in [0.25, 0.3) is 0 Å². The molecule has 2 aromatic rings. The van der Waals surface area contributed by atoms with Gasteiger partial charge < -0.3 is 4.74 Å². The Balaban J connectivity index is 2.22. The summed E-state index contributed by atoms with van der Waals surface area (Å²) in [5.41, 5.74) is 0.252. The number of carbonyl (C=O) groups excluding carboxylic acids is 1. The molecule has 0 radical (unpaired) electrons. The lowest BCUT2D eigenvalue weighted by Crippen LogP contribution is -2.14. The van der Waals surface area contributed by atoms with Crippen LogP contribution < -0.4 is 4.74 Å². The minimum atomic E-state index is -0.435. The molecule has 0 atom stereocenters. The van der Waals surface area contributed by atoms with E-state index in [4.69, 9.17) is 4.74 Å². The van der Waals surface area contributed by atoms with Crippen LogP contribution in [0.3, 0.4) is 0 Å². The maximum atomic E-state index is 14.2. The lowest BCUT2D eigenvalue weighted by molar-refractivity contribution is 0.0882. The van der Waals surface area contributed by atoms with Crippen molar-refractivity contribution < 1.29 is 13.9 Å². The predicted molar refractivity (Wildman–Crippen MR) is 95.2 cm³/mol. The molecule has 1 aromatic carbocycles. The van der Waals surface area contributed by atoms with Crippen LogP contribution in [0.4, 0.5) is 4.39 Å². The minimum absolute atomic E-state index is 0.119. The molecule has 0 unspecified atom stereocenters. The molecule has 0 aliphatic rings. The van der Waals surface area contributed by atoms with Crippen molar-refractivity contribution in [2.24, 2.45) is 0 Å². The van der Waals surface area contributed by atoms with Crippen molar-refractivity contribution in [1.82, 2.24) is 14.8 Å². The number of unbranched alkanes of at least 4 members (excludes halogenated alkanes) is 4. The third-order valence-corrected chi connectivity index (χ3v) is 3.91. The zero-order valence-corrected chi connectivity index (χ0v) is 15.0. The molecular formula is C19H26FN3O2. The first kappa shape index (κ1) is 19.1. The van der Waals surface area contributed by atoms with Gasteiger partial charge in [-0.3, -0.25) is 4.79 Å². The lowest BCUT2D eigenvalue weighted by Gasteiger charge is -2.05. The van der Waals surface area contributed by atoms with Crippen LogP contribution in [0.1, 0.15) is 63.6 Å². The average Bonchev–Trinajstić information content (AvgIpc) is 3.03. The fourth-order valence-electron chi connectivity index (χ4n) is 2.46. The Morgan fingerprint density at radius 1 is 1.12 bits per heavy atom. The van der Waals surface area contributed by atoms with E-state index in [-0.39, 0.29) is 23.3 Å². The molecule has 0 N–H and O–H groups in total. The molecule has 0 fully saturated rings. The fraction of sp³-hybridized carbons (Fsp3) is 0.526. The molecule has 0 saturated heterocycles. The molecule has 0 bridgehead atoms. The van der Waals surface area contributed by atoms with E-state index in [9.17, 15) is 9.18 Å². The highest BCUT2D eigenvalue weighted by Gasteiger charge is 2.20. The van der Waals surface area contributed by atoms with Gasteiger partial charge in [-0.15, -0.1) is 5.10 Å². The van der Waals surface area contributed by atoms with E-state index in [2.05, 4.69) is 23.9 Å². The molecule has 0 spiro atoms. The fourth-order valence-corrected chi connectivity index (χ4v) is 2.46. The molecule has 2 rings (SSSR count). The zero-order valence-electron chi connectivity index (χ0n) is 15.0. The van der Waals surface area contributed by atoms with E-state index < -0.39 is 5.82 Å². The third-order valence-electron chi connectivity index (χ3n) is 3.91. The standard InChI is InChI=1S/C19H26FN3O2/c1-3-5-7-8-13-17(24)23-18(15-11-9-10-12-16(15)20)21-19(22-23)25-14-6-4-2/h9-12H,3-8,13-14H2,1-2H3. The first-order valence-electron chi connectivity index (χ1n) is 9.05. The second-order valence-electron chi connectivity index (χ2n) is 6.02. The molecule has 136 valence electrons. The number of carbonyl (C=O) groups is 1. The van der Waals surface area contributed by atoms with Crippen LogP contribution in [0.25, 0.3) is 11.4 Å². The molecular weight excluding hydrogens is 321 g/mol. The van der Waals surface area contributed by atoms with Gasteiger partial charge in [-0.1, -0.05) is 51.7 Å². The second-order valence-corrected chi connectivity index (χ2v) is 6.02. The quantitative estimate of drug-likeness (QED) is 0.575. The molecule has 5 nitrogen and oxygen atoms in total. The van der Waals surface area contributed by atoms with Crippen molar-refractivity contribution in [3.05, 3.63) is 30.1 Å². The molecule has 0 saturated carbocycles. The van der Waals surface area contributed by atoms with E-state index >= 15 is 0 Å². The van der Waals surface area contributed by atoms with Crippen molar-refractivity contribution in [3.63, 3.8) is 0 Å². The van der Waals surface area contributed by atoms with Crippen molar-refractivity contribution in [3.8, 4) is 17.4 Å². The number of aromatic nitrogens is 3. The van der Waals surface area contributed by atoms with Crippen LogP contribution in [0.2, 0.25) is 0 Å². The Hall–Kier alpha value is -2.24. The maximum absolute atomic E-state index is 14.2. The zero-order chi connectivity index (χ0) is 18.1. The summed E-state index contributed by atoms with van der Waals surface area (Å²) in [6, 6.07) is 6.37. The summed E-state index contributed by atoms with van der Waals surface area (Å²) in [4.78, 5) is 16.8. The molecule has 0 aliphatic heterocycles. The summed E-state index contributed by atoms with van der Waals surface area (Å²) in [5.74, 6) is -0.424. The van der Waals surface area contributed by atoms with Crippen LogP contribution in [0, 0.1) is 5.82 Å². The van der Waals surface area contributed by atoms with E-state index in [0.29, 0.717) is 13.0 Å². The Morgan fingerprint density at radius 3 is 2.60 bits per heavy atom. The topological polar surface area (TPSA) is 57.0 Å². The Morgan fingerprint density at radius 2 is 1.88 bits per heavy atom. The Labute approximate surface area is 148 Å². The van der Waals surface area contributed by atoms with Gasteiger partial charge in [0, 0.05) is 6.42 Å². The highest BCUT2D eigenvalue weighted by molar-refractivity contribution is 5.82. The smallest absolute Gasteiger partial charge is 0.336 e. The van der Waals surface area contributed by atoms with Crippen LogP contribution in [-0.2, 0) is 0 Å². The summed E-state index contributed by atoms with van der Waals surface area (Å²) >= 11 is 0. The molecule has 1 heterocycles. The number of benzene rings is 1. The van der Waals surface area contributed by atoms with Crippen LogP contribution in [0.5, 0.6) is 6.01 Å². The highest BCUT2D eigenvalue weighted by Crippen LogP contribution is 2.23. The molecule has 0 aliphatic carbocycles. The maximum Gasteiger partial charge on any atom is 0.336 e. The first-order valence-corrected chi connectivity index (χ1v) is 9.05.